The average molecular weight is 540 g/mol. The molecule has 1 atom stereocenters. The van der Waals surface area contributed by atoms with Crippen LogP contribution in [0.1, 0.15) is 35.3 Å². The van der Waals surface area contributed by atoms with Crippen LogP contribution in [-0.2, 0) is 0 Å². The Hall–Kier alpha value is -4.18. The predicted octanol–water partition coefficient (Wildman–Crippen LogP) is 3.89. The summed E-state index contributed by atoms with van der Waals surface area (Å²) in [6.07, 6.45) is 0.589. The number of benzene rings is 1. The Balaban J connectivity index is 1.49. The van der Waals surface area contributed by atoms with E-state index >= 15 is 0 Å². The molecule has 196 valence electrons. The standard InChI is InChI=1S/C25H23F2N7O3S/c1-34(2)25-33-31-23(37-25)14-7-8-15(16(10-14)17-11-18(21(26)27)28-12-19(17)36-3)22(35)29-24-32-30-20(38-24)9-6-13-4-5-13/h7-8,10-13,21,24,32H,4-5H2,1-3H3,(H,29,35). The summed E-state index contributed by atoms with van der Waals surface area (Å²) >= 11 is 1.29. The molecule has 1 aliphatic carbocycles. The van der Waals surface area contributed by atoms with E-state index in [1.165, 1.54) is 31.1 Å². The molecular formula is C25H23F2N7O3S. The lowest BCUT2D eigenvalue weighted by Gasteiger charge is -2.17. The number of carbonyl (C=O) groups is 1. The second-order valence-electron chi connectivity index (χ2n) is 8.72. The maximum absolute atomic E-state index is 13.5. The fourth-order valence-electron chi connectivity index (χ4n) is 3.55. The van der Waals surface area contributed by atoms with Crippen LogP contribution in [0.3, 0.4) is 0 Å². The first-order valence-electron chi connectivity index (χ1n) is 11.6. The fraction of sp³-hybridized carbons (Fsp3) is 0.320. The van der Waals surface area contributed by atoms with Gasteiger partial charge >= 0.3 is 6.01 Å². The lowest BCUT2D eigenvalue weighted by atomic mass is 9.96. The van der Waals surface area contributed by atoms with E-state index in [1.54, 1.807) is 37.2 Å². The minimum atomic E-state index is -2.81. The van der Waals surface area contributed by atoms with Gasteiger partial charge in [-0.25, -0.2) is 8.78 Å². The summed E-state index contributed by atoms with van der Waals surface area (Å²) in [5, 5.41) is 15.7. The van der Waals surface area contributed by atoms with Gasteiger partial charge in [0.25, 0.3) is 12.3 Å². The van der Waals surface area contributed by atoms with Crippen molar-refractivity contribution in [2.45, 2.75) is 24.8 Å². The monoisotopic (exact) mass is 539 g/mol. The Morgan fingerprint density at radius 1 is 1.26 bits per heavy atom. The molecule has 5 rings (SSSR count). The van der Waals surface area contributed by atoms with E-state index in [-0.39, 0.29) is 28.8 Å². The first-order valence-corrected chi connectivity index (χ1v) is 12.5. The maximum atomic E-state index is 13.5. The summed E-state index contributed by atoms with van der Waals surface area (Å²) in [5.74, 6) is 6.54. The number of alkyl halides is 2. The first-order chi connectivity index (χ1) is 18.3. The van der Waals surface area contributed by atoms with Crippen LogP contribution in [0, 0.1) is 17.8 Å². The van der Waals surface area contributed by atoms with Gasteiger partial charge in [0, 0.05) is 36.7 Å². The van der Waals surface area contributed by atoms with E-state index in [0.29, 0.717) is 22.1 Å². The number of carbonyl (C=O) groups excluding carboxylic acids is 1. The normalized spacial score (nSPS) is 16.4. The van der Waals surface area contributed by atoms with E-state index in [2.05, 4.69) is 42.9 Å². The van der Waals surface area contributed by atoms with Crippen LogP contribution in [-0.4, -0.2) is 52.8 Å². The highest BCUT2D eigenvalue weighted by Gasteiger charge is 2.26. The summed E-state index contributed by atoms with van der Waals surface area (Å²) in [4.78, 5) is 18.8. The molecule has 13 heteroatoms. The molecule has 1 fully saturated rings. The zero-order valence-corrected chi connectivity index (χ0v) is 21.5. The van der Waals surface area contributed by atoms with Crippen LogP contribution >= 0.6 is 11.8 Å². The molecule has 2 aliphatic rings. The highest BCUT2D eigenvalue weighted by Crippen LogP contribution is 2.37. The number of hydrogen-bond donors (Lipinski definition) is 2. The Kier molecular flexibility index (Phi) is 7.15. The number of nitrogens with one attached hydrogen (secondary N) is 2. The Labute approximate surface area is 221 Å². The molecule has 1 aromatic carbocycles. The van der Waals surface area contributed by atoms with Gasteiger partial charge in [0.2, 0.25) is 5.89 Å². The number of thioether (sulfide) groups is 1. The Morgan fingerprint density at radius 2 is 2.08 bits per heavy atom. The molecule has 10 nitrogen and oxygen atoms in total. The van der Waals surface area contributed by atoms with Crippen molar-refractivity contribution in [1.29, 1.82) is 0 Å². The third-order valence-corrected chi connectivity index (χ3v) is 6.54. The van der Waals surface area contributed by atoms with Gasteiger partial charge < -0.3 is 19.4 Å². The number of ether oxygens (including phenoxy) is 1. The van der Waals surface area contributed by atoms with E-state index in [4.69, 9.17) is 9.15 Å². The van der Waals surface area contributed by atoms with Crippen molar-refractivity contribution in [3.05, 3.63) is 41.7 Å². The Bertz CT molecular complexity index is 1460. The molecule has 0 saturated heterocycles. The van der Waals surface area contributed by atoms with Crippen LogP contribution < -0.4 is 20.4 Å². The van der Waals surface area contributed by atoms with Crippen LogP contribution in [0.25, 0.3) is 22.6 Å². The average Bonchev–Trinajstić information content (AvgIpc) is 3.41. The number of amides is 1. The second kappa shape index (κ2) is 10.7. The lowest BCUT2D eigenvalue weighted by Crippen LogP contribution is -2.38. The number of anilines is 1. The minimum absolute atomic E-state index is 0.198. The fourth-order valence-corrected chi connectivity index (χ4v) is 4.27. The van der Waals surface area contributed by atoms with Gasteiger partial charge in [-0.1, -0.05) is 11.0 Å². The lowest BCUT2D eigenvalue weighted by molar-refractivity contribution is 0.0946. The zero-order valence-electron chi connectivity index (χ0n) is 20.7. The van der Waals surface area contributed by atoms with E-state index < -0.39 is 23.5 Å². The van der Waals surface area contributed by atoms with Gasteiger partial charge in [-0.3, -0.25) is 15.2 Å². The maximum Gasteiger partial charge on any atom is 0.317 e. The molecule has 0 radical (unpaired) electrons. The summed E-state index contributed by atoms with van der Waals surface area (Å²) in [5.41, 5.74) is 3.14. The third-order valence-electron chi connectivity index (χ3n) is 5.67. The van der Waals surface area contributed by atoms with Crippen molar-refractivity contribution >= 4 is 28.7 Å². The van der Waals surface area contributed by atoms with Gasteiger partial charge in [0.1, 0.15) is 11.4 Å². The SMILES string of the molecule is COc1cnc(C(F)F)cc1-c1cc(-c2nnc(N(C)C)o2)ccc1C(=O)NC1NN=C(C#CC2CC2)S1. The van der Waals surface area contributed by atoms with E-state index in [1.807, 2.05) is 0 Å². The molecule has 1 unspecified atom stereocenters. The van der Waals surface area contributed by atoms with Gasteiger partial charge in [0.05, 0.1) is 13.3 Å². The van der Waals surface area contributed by atoms with Gasteiger partial charge in [-0.05, 0) is 60.4 Å². The summed E-state index contributed by atoms with van der Waals surface area (Å²) in [6, 6.07) is 6.32. The van der Waals surface area contributed by atoms with Crippen LogP contribution in [0.5, 0.6) is 5.75 Å². The topological polar surface area (TPSA) is 118 Å². The van der Waals surface area contributed by atoms with Crippen LogP contribution in [0.4, 0.5) is 14.8 Å². The van der Waals surface area contributed by atoms with Crippen molar-refractivity contribution in [1.82, 2.24) is 25.9 Å². The number of rotatable bonds is 7. The summed E-state index contributed by atoms with van der Waals surface area (Å²) in [7, 11) is 4.91. The van der Waals surface area contributed by atoms with E-state index in [9.17, 15) is 13.6 Å². The Morgan fingerprint density at radius 3 is 2.76 bits per heavy atom. The highest BCUT2D eigenvalue weighted by molar-refractivity contribution is 8.15. The van der Waals surface area contributed by atoms with Crippen molar-refractivity contribution in [2.75, 3.05) is 26.1 Å². The largest absolute Gasteiger partial charge is 0.494 e. The summed E-state index contributed by atoms with van der Waals surface area (Å²) < 4.78 is 38.2. The molecule has 1 aliphatic heterocycles. The molecule has 1 saturated carbocycles. The number of hydrazone groups is 1. The second-order valence-corrected chi connectivity index (χ2v) is 9.81. The third kappa shape index (κ3) is 5.55. The van der Waals surface area contributed by atoms with Crippen molar-refractivity contribution in [2.24, 2.45) is 11.0 Å². The molecule has 2 aromatic heterocycles. The highest BCUT2D eigenvalue weighted by atomic mass is 32.2. The predicted molar refractivity (Wildman–Crippen MR) is 139 cm³/mol. The van der Waals surface area contributed by atoms with Gasteiger partial charge in [-0.15, -0.1) is 5.10 Å². The van der Waals surface area contributed by atoms with Crippen molar-refractivity contribution in [3.8, 4) is 40.2 Å². The number of pyridine rings is 1. The first kappa shape index (κ1) is 25.5. The molecule has 1 amide bonds. The number of aromatic nitrogens is 3. The number of hydrogen-bond acceptors (Lipinski definition) is 10. The van der Waals surface area contributed by atoms with Crippen LogP contribution in [0.2, 0.25) is 0 Å². The molecule has 3 aromatic rings. The zero-order chi connectivity index (χ0) is 26.8. The summed E-state index contributed by atoms with van der Waals surface area (Å²) in [6.45, 7) is 0. The molecule has 3 heterocycles. The molecule has 38 heavy (non-hydrogen) atoms. The van der Waals surface area contributed by atoms with Crippen molar-refractivity contribution in [3.63, 3.8) is 0 Å². The number of methoxy groups -OCH3 is 1. The number of nitrogens with zero attached hydrogens (tertiary/aromatic N) is 5. The van der Waals surface area contributed by atoms with Gasteiger partial charge in [-0.2, -0.15) is 5.10 Å². The quantitative estimate of drug-likeness (QED) is 0.431. The van der Waals surface area contributed by atoms with E-state index in [0.717, 1.165) is 12.8 Å². The molecular weight excluding hydrogens is 516 g/mol. The smallest absolute Gasteiger partial charge is 0.317 e. The van der Waals surface area contributed by atoms with Crippen molar-refractivity contribution < 1.29 is 22.7 Å². The molecule has 0 bridgehead atoms. The van der Waals surface area contributed by atoms with Crippen LogP contribution in [0.15, 0.2) is 40.0 Å². The minimum Gasteiger partial charge on any atom is -0.494 e. The van der Waals surface area contributed by atoms with Gasteiger partial charge in [0.15, 0.2) is 10.5 Å². The molecule has 0 spiro atoms. The number of halogens is 2. The molecule has 2 N–H and O–H groups in total.